The van der Waals surface area contributed by atoms with E-state index in [0.717, 1.165) is 12.2 Å². The molecular formula is C13H20ClNO. The number of methoxy groups -OCH3 is 1. The summed E-state index contributed by atoms with van der Waals surface area (Å²) in [7, 11) is 1.71. The fourth-order valence-electron chi connectivity index (χ4n) is 2.14. The summed E-state index contributed by atoms with van der Waals surface area (Å²) < 4.78 is 5.14. The van der Waals surface area contributed by atoms with Gasteiger partial charge in [0.2, 0.25) is 0 Å². The van der Waals surface area contributed by atoms with Crippen LogP contribution in [0.2, 0.25) is 0 Å². The van der Waals surface area contributed by atoms with Gasteiger partial charge in [-0.3, -0.25) is 0 Å². The topological polar surface area (TPSA) is 21.3 Å². The summed E-state index contributed by atoms with van der Waals surface area (Å²) >= 11 is 0. The van der Waals surface area contributed by atoms with E-state index in [9.17, 15) is 0 Å². The second kappa shape index (κ2) is 6.77. The lowest BCUT2D eigenvalue weighted by Crippen LogP contribution is -2.35. The zero-order valence-electron chi connectivity index (χ0n) is 9.74. The minimum absolute atomic E-state index is 0. The van der Waals surface area contributed by atoms with E-state index in [0.29, 0.717) is 6.04 Å². The van der Waals surface area contributed by atoms with Gasteiger partial charge in [0.15, 0.2) is 0 Å². The summed E-state index contributed by atoms with van der Waals surface area (Å²) in [4.78, 5) is 0. The quantitative estimate of drug-likeness (QED) is 0.879. The van der Waals surface area contributed by atoms with Crippen LogP contribution >= 0.6 is 12.4 Å². The Bertz CT molecular complexity index is 293. The number of nitrogens with one attached hydrogen (secondary N) is 1. The first-order valence-electron chi connectivity index (χ1n) is 5.75. The number of hydrogen-bond donors (Lipinski definition) is 1. The SMILES string of the molecule is COc1ccc(C[C@H]2CCCCN2)cc1.Cl. The van der Waals surface area contributed by atoms with Crippen LogP contribution in [0.1, 0.15) is 24.8 Å². The van der Waals surface area contributed by atoms with Gasteiger partial charge in [0.25, 0.3) is 0 Å². The van der Waals surface area contributed by atoms with Crippen LogP contribution in [0, 0.1) is 0 Å². The molecule has 1 aromatic carbocycles. The molecule has 0 spiro atoms. The monoisotopic (exact) mass is 241 g/mol. The predicted molar refractivity (Wildman–Crippen MR) is 69.6 cm³/mol. The molecule has 0 amide bonds. The van der Waals surface area contributed by atoms with Crippen LogP contribution < -0.4 is 10.1 Å². The standard InChI is InChI=1S/C13H19NO.ClH/c1-15-13-7-5-11(6-8-13)10-12-4-2-3-9-14-12;/h5-8,12,14H,2-4,9-10H2,1H3;1H/t12-;/m1./s1. The van der Waals surface area contributed by atoms with Crippen molar-refractivity contribution in [2.24, 2.45) is 0 Å². The first-order valence-corrected chi connectivity index (χ1v) is 5.75. The molecule has 1 heterocycles. The Labute approximate surface area is 104 Å². The predicted octanol–water partition coefficient (Wildman–Crippen LogP) is 2.80. The molecule has 1 aliphatic rings. The molecule has 90 valence electrons. The van der Waals surface area contributed by atoms with Crippen LogP contribution in [0.3, 0.4) is 0 Å². The number of benzene rings is 1. The molecule has 0 aromatic heterocycles. The maximum Gasteiger partial charge on any atom is 0.118 e. The molecule has 1 N–H and O–H groups in total. The molecule has 1 aromatic rings. The zero-order chi connectivity index (χ0) is 10.5. The van der Waals surface area contributed by atoms with E-state index < -0.39 is 0 Å². The van der Waals surface area contributed by atoms with E-state index in [4.69, 9.17) is 4.74 Å². The van der Waals surface area contributed by atoms with Gasteiger partial charge in [-0.2, -0.15) is 0 Å². The summed E-state index contributed by atoms with van der Waals surface area (Å²) in [5.41, 5.74) is 1.40. The Kier molecular flexibility index (Phi) is 5.64. The van der Waals surface area contributed by atoms with Gasteiger partial charge in [-0.05, 0) is 43.5 Å². The average Bonchev–Trinajstić information content (AvgIpc) is 2.31. The number of hydrogen-bond acceptors (Lipinski definition) is 2. The summed E-state index contributed by atoms with van der Waals surface area (Å²) in [5.74, 6) is 0.940. The van der Waals surface area contributed by atoms with Crippen LogP contribution in [0.15, 0.2) is 24.3 Å². The zero-order valence-corrected chi connectivity index (χ0v) is 10.6. The van der Waals surface area contributed by atoms with Gasteiger partial charge in [-0.1, -0.05) is 18.6 Å². The number of ether oxygens (including phenoxy) is 1. The Hall–Kier alpha value is -0.730. The molecule has 0 radical (unpaired) electrons. The second-order valence-corrected chi connectivity index (χ2v) is 4.20. The minimum Gasteiger partial charge on any atom is -0.497 e. The Morgan fingerprint density at radius 3 is 2.56 bits per heavy atom. The Morgan fingerprint density at radius 2 is 2.00 bits per heavy atom. The van der Waals surface area contributed by atoms with Gasteiger partial charge < -0.3 is 10.1 Å². The van der Waals surface area contributed by atoms with Gasteiger partial charge in [0, 0.05) is 6.04 Å². The minimum atomic E-state index is 0. The molecule has 2 rings (SSSR count). The van der Waals surface area contributed by atoms with Crippen molar-refractivity contribution >= 4 is 12.4 Å². The van der Waals surface area contributed by atoms with Gasteiger partial charge in [-0.15, -0.1) is 12.4 Å². The third kappa shape index (κ3) is 3.69. The Morgan fingerprint density at radius 1 is 1.25 bits per heavy atom. The third-order valence-electron chi connectivity index (χ3n) is 3.05. The van der Waals surface area contributed by atoms with E-state index in [1.54, 1.807) is 7.11 Å². The fraction of sp³-hybridized carbons (Fsp3) is 0.538. The van der Waals surface area contributed by atoms with E-state index in [1.165, 1.54) is 31.4 Å². The van der Waals surface area contributed by atoms with E-state index >= 15 is 0 Å². The second-order valence-electron chi connectivity index (χ2n) is 4.20. The average molecular weight is 242 g/mol. The van der Waals surface area contributed by atoms with E-state index in [1.807, 2.05) is 12.1 Å². The molecule has 1 saturated heterocycles. The van der Waals surface area contributed by atoms with Crippen LogP contribution in [-0.2, 0) is 6.42 Å². The van der Waals surface area contributed by atoms with Crippen LogP contribution in [0.4, 0.5) is 0 Å². The molecule has 1 atom stereocenters. The van der Waals surface area contributed by atoms with Crippen molar-refractivity contribution in [3.05, 3.63) is 29.8 Å². The lowest BCUT2D eigenvalue weighted by molar-refractivity contribution is 0.398. The summed E-state index contributed by atoms with van der Waals surface area (Å²) in [6.45, 7) is 1.18. The van der Waals surface area contributed by atoms with Crippen molar-refractivity contribution in [3.63, 3.8) is 0 Å². The van der Waals surface area contributed by atoms with Gasteiger partial charge in [-0.25, -0.2) is 0 Å². The van der Waals surface area contributed by atoms with Crippen molar-refractivity contribution in [2.75, 3.05) is 13.7 Å². The maximum absolute atomic E-state index is 5.14. The van der Waals surface area contributed by atoms with Crippen LogP contribution in [0.5, 0.6) is 5.75 Å². The molecule has 1 aliphatic heterocycles. The van der Waals surface area contributed by atoms with Gasteiger partial charge in [0.05, 0.1) is 7.11 Å². The molecule has 0 unspecified atom stereocenters. The summed E-state index contributed by atoms with van der Waals surface area (Å²) in [5, 5.41) is 3.56. The highest BCUT2D eigenvalue weighted by Crippen LogP contribution is 2.16. The molecule has 0 bridgehead atoms. The van der Waals surface area contributed by atoms with Crippen LogP contribution in [-0.4, -0.2) is 19.7 Å². The normalized spacial score (nSPS) is 19.9. The number of halogens is 1. The highest BCUT2D eigenvalue weighted by atomic mass is 35.5. The lowest BCUT2D eigenvalue weighted by Gasteiger charge is -2.23. The molecule has 2 nitrogen and oxygen atoms in total. The van der Waals surface area contributed by atoms with Crippen molar-refractivity contribution < 1.29 is 4.74 Å². The maximum atomic E-state index is 5.14. The number of rotatable bonds is 3. The van der Waals surface area contributed by atoms with Gasteiger partial charge >= 0.3 is 0 Å². The highest BCUT2D eigenvalue weighted by molar-refractivity contribution is 5.85. The van der Waals surface area contributed by atoms with E-state index in [-0.39, 0.29) is 12.4 Å². The van der Waals surface area contributed by atoms with Crippen molar-refractivity contribution in [3.8, 4) is 5.75 Å². The van der Waals surface area contributed by atoms with E-state index in [2.05, 4.69) is 17.4 Å². The molecule has 16 heavy (non-hydrogen) atoms. The fourth-order valence-corrected chi connectivity index (χ4v) is 2.14. The lowest BCUT2D eigenvalue weighted by atomic mass is 9.98. The highest BCUT2D eigenvalue weighted by Gasteiger charge is 2.12. The first-order chi connectivity index (χ1) is 7.38. The Balaban J connectivity index is 0.00000128. The molecule has 1 fully saturated rings. The first kappa shape index (κ1) is 13.3. The number of piperidine rings is 1. The smallest absolute Gasteiger partial charge is 0.118 e. The van der Waals surface area contributed by atoms with Crippen molar-refractivity contribution in [1.82, 2.24) is 5.32 Å². The molecule has 3 heteroatoms. The molecule has 0 aliphatic carbocycles. The van der Waals surface area contributed by atoms with Crippen molar-refractivity contribution in [1.29, 1.82) is 0 Å². The third-order valence-corrected chi connectivity index (χ3v) is 3.05. The van der Waals surface area contributed by atoms with Gasteiger partial charge in [0.1, 0.15) is 5.75 Å². The summed E-state index contributed by atoms with van der Waals surface area (Å²) in [6, 6.07) is 9.08. The van der Waals surface area contributed by atoms with Crippen molar-refractivity contribution in [2.45, 2.75) is 31.7 Å². The van der Waals surface area contributed by atoms with Crippen LogP contribution in [0.25, 0.3) is 0 Å². The largest absolute Gasteiger partial charge is 0.497 e. The molecule has 0 saturated carbocycles. The molecular weight excluding hydrogens is 222 g/mol. The summed E-state index contributed by atoms with van der Waals surface area (Å²) in [6.07, 6.45) is 5.16.